The molecule has 17 heavy (non-hydrogen) atoms. The standard InChI is InChI=1S/C14H17BrO2/c1-2-17-13-8-7-11(15)9-12(13)14(16)10-5-3-4-6-10/h7-10H,2-6H2,1H3. The fraction of sp³-hybridized carbons (Fsp3) is 0.500. The SMILES string of the molecule is CCOc1ccc(Br)cc1C(=O)C1CCCC1. The summed E-state index contributed by atoms with van der Waals surface area (Å²) in [4.78, 5) is 12.4. The largest absolute Gasteiger partial charge is 0.493 e. The highest BCUT2D eigenvalue weighted by molar-refractivity contribution is 9.10. The van der Waals surface area contributed by atoms with Crippen LogP contribution in [0, 0.1) is 5.92 Å². The number of benzene rings is 1. The Hall–Kier alpha value is -0.830. The summed E-state index contributed by atoms with van der Waals surface area (Å²) in [7, 11) is 0. The van der Waals surface area contributed by atoms with E-state index in [2.05, 4.69) is 15.9 Å². The predicted octanol–water partition coefficient (Wildman–Crippen LogP) is 4.22. The van der Waals surface area contributed by atoms with Crippen LogP contribution in [0.4, 0.5) is 0 Å². The quantitative estimate of drug-likeness (QED) is 0.778. The molecule has 1 aromatic rings. The van der Waals surface area contributed by atoms with Crippen molar-refractivity contribution in [3.63, 3.8) is 0 Å². The first-order valence-corrected chi connectivity index (χ1v) is 6.98. The predicted molar refractivity (Wildman–Crippen MR) is 71.6 cm³/mol. The maximum atomic E-state index is 12.4. The van der Waals surface area contributed by atoms with Gasteiger partial charge < -0.3 is 4.74 Å². The molecular formula is C14H17BrO2. The van der Waals surface area contributed by atoms with E-state index in [-0.39, 0.29) is 11.7 Å². The van der Waals surface area contributed by atoms with Crippen molar-refractivity contribution >= 4 is 21.7 Å². The third kappa shape index (κ3) is 2.89. The van der Waals surface area contributed by atoms with E-state index in [1.54, 1.807) is 0 Å². The molecule has 2 rings (SSSR count). The van der Waals surface area contributed by atoms with Crippen molar-refractivity contribution < 1.29 is 9.53 Å². The minimum atomic E-state index is 0.198. The Labute approximate surface area is 110 Å². The highest BCUT2D eigenvalue weighted by atomic mass is 79.9. The lowest BCUT2D eigenvalue weighted by Gasteiger charge is -2.13. The highest BCUT2D eigenvalue weighted by Crippen LogP contribution is 2.32. The fourth-order valence-corrected chi connectivity index (χ4v) is 2.75. The first-order valence-electron chi connectivity index (χ1n) is 6.19. The van der Waals surface area contributed by atoms with E-state index in [9.17, 15) is 4.79 Å². The average molecular weight is 297 g/mol. The molecule has 0 unspecified atom stereocenters. The van der Waals surface area contributed by atoms with Gasteiger partial charge in [0.1, 0.15) is 5.75 Å². The van der Waals surface area contributed by atoms with Crippen LogP contribution < -0.4 is 4.74 Å². The third-order valence-electron chi connectivity index (χ3n) is 3.23. The number of ketones is 1. The van der Waals surface area contributed by atoms with Crippen molar-refractivity contribution in [2.24, 2.45) is 5.92 Å². The molecule has 3 heteroatoms. The second-order valence-corrected chi connectivity index (χ2v) is 5.33. The Kier molecular flexibility index (Phi) is 4.21. The maximum absolute atomic E-state index is 12.4. The summed E-state index contributed by atoms with van der Waals surface area (Å²) < 4.78 is 6.46. The zero-order valence-electron chi connectivity index (χ0n) is 10.0. The monoisotopic (exact) mass is 296 g/mol. The van der Waals surface area contributed by atoms with Crippen molar-refractivity contribution in [2.75, 3.05) is 6.61 Å². The van der Waals surface area contributed by atoms with Gasteiger partial charge in [-0.3, -0.25) is 4.79 Å². The Balaban J connectivity index is 2.28. The Morgan fingerprint density at radius 3 is 2.76 bits per heavy atom. The summed E-state index contributed by atoms with van der Waals surface area (Å²) in [6.07, 6.45) is 4.40. The number of ether oxygens (including phenoxy) is 1. The molecule has 0 aliphatic heterocycles. The molecule has 0 amide bonds. The van der Waals surface area contributed by atoms with E-state index in [4.69, 9.17) is 4.74 Å². The lowest BCUT2D eigenvalue weighted by atomic mass is 9.96. The van der Waals surface area contributed by atoms with Crippen LogP contribution in [0.5, 0.6) is 5.75 Å². The van der Waals surface area contributed by atoms with Crippen LogP contribution in [0.15, 0.2) is 22.7 Å². The second-order valence-electron chi connectivity index (χ2n) is 4.42. The number of halogens is 1. The first-order chi connectivity index (χ1) is 8.22. The van der Waals surface area contributed by atoms with Gasteiger partial charge in [-0.1, -0.05) is 28.8 Å². The van der Waals surface area contributed by atoms with Gasteiger partial charge in [-0.25, -0.2) is 0 Å². The molecule has 1 fully saturated rings. The van der Waals surface area contributed by atoms with Crippen molar-refractivity contribution in [2.45, 2.75) is 32.6 Å². The van der Waals surface area contributed by atoms with Gasteiger partial charge in [-0.05, 0) is 38.0 Å². The summed E-state index contributed by atoms with van der Waals surface area (Å²) in [5, 5.41) is 0. The van der Waals surface area contributed by atoms with E-state index < -0.39 is 0 Å². The van der Waals surface area contributed by atoms with Crippen LogP contribution in [0.3, 0.4) is 0 Å². The number of hydrogen-bond acceptors (Lipinski definition) is 2. The van der Waals surface area contributed by atoms with Crippen LogP contribution >= 0.6 is 15.9 Å². The van der Waals surface area contributed by atoms with Crippen molar-refractivity contribution in [1.29, 1.82) is 0 Å². The lowest BCUT2D eigenvalue weighted by molar-refractivity contribution is 0.0919. The molecule has 0 atom stereocenters. The van der Waals surface area contributed by atoms with Crippen molar-refractivity contribution in [1.82, 2.24) is 0 Å². The van der Waals surface area contributed by atoms with Crippen molar-refractivity contribution in [3.05, 3.63) is 28.2 Å². The summed E-state index contributed by atoms with van der Waals surface area (Å²) in [5.74, 6) is 1.16. The topological polar surface area (TPSA) is 26.3 Å². The van der Waals surface area contributed by atoms with E-state index >= 15 is 0 Å². The van der Waals surface area contributed by atoms with Crippen LogP contribution in [0.1, 0.15) is 43.0 Å². The van der Waals surface area contributed by atoms with Gasteiger partial charge in [0.05, 0.1) is 12.2 Å². The van der Waals surface area contributed by atoms with Crippen LogP contribution in [-0.2, 0) is 0 Å². The van der Waals surface area contributed by atoms with E-state index in [0.29, 0.717) is 12.4 Å². The van der Waals surface area contributed by atoms with Gasteiger partial charge in [0.25, 0.3) is 0 Å². The molecule has 0 aromatic heterocycles. The van der Waals surface area contributed by atoms with Crippen molar-refractivity contribution in [3.8, 4) is 5.75 Å². The summed E-state index contributed by atoms with van der Waals surface area (Å²) >= 11 is 3.42. The highest BCUT2D eigenvalue weighted by Gasteiger charge is 2.26. The van der Waals surface area contributed by atoms with Crippen LogP contribution in [0.2, 0.25) is 0 Å². The molecule has 0 spiro atoms. The Morgan fingerprint density at radius 2 is 2.12 bits per heavy atom. The number of rotatable bonds is 4. The molecule has 0 radical (unpaired) electrons. The van der Waals surface area contributed by atoms with E-state index in [1.165, 1.54) is 12.8 Å². The van der Waals surface area contributed by atoms with Crippen LogP contribution in [-0.4, -0.2) is 12.4 Å². The molecule has 92 valence electrons. The molecule has 1 aliphatic rings. The molecule has 1 aliphatic carbocycles. The van der Waals surface area contributed by atoms with E-state index in [1.807, 2.05) is 25.1 Å². The molecule has 1 saturated carbocycles. The lowest BCUT2D eigenvalue weighted by Crippen LogP contribution is -2.12. The van der Waals surface area contributed by atoms with Gasteiger partial charge in [0, 0.05) is 10.4 Å². The molecule has 0 bridgehead atoms. The van der Waals surface area contributed by atoms with E-state index in [0.717, 1.165) is 22.9 Å². The minimum Gasteiger partial charge on any atom is -0.493 e. The zero-order chi connectivity index (χ0) is 12.3. The summed E-state index contributed by atoms with van der Waals surface area (Å²) in [5.41, 5.74) is 0.730. The minimum absolute atomic E-state index is 0.198. The Morgan fingerprint density at radius 1 is 1.41 bits per heavy atom. The van der Waals surface area contributed by atoms with Gasteiger partial charge >= 0.3 is 0 Å². The summed E-state index contributed by atoms with van der Waals surface area (Å²) in [6.45, 7) is 2.53. The average Bonchev–Trinajstić information content (AvgIpc) is 2.84. The molecular weight excluding hydrogens is 280 g/mol. The Bertz CT molecular complexity index is 409. The smallest absolute Gasteiger partial charge is 0.169 e. The zero-order valence-corrected chi connectivity index (χ0v) is 11.6. The van der Waals surface area contributed by atoms with Gasteiger partial charge in [0.2, 0.25) is 0 Å². The molecule has 0 N–H and O–H groups in total. The normalized spacial score (nSPS) is 16.1. The maximum Gasteiger partial charge on any atom is 0.169 e. The van der Waals surface area contributed by atoms with Gasteiger partial charge in [-0.15, -0.1) is 0 Å². The number of carbonyl (C=O) groups excluding carboxylic acids is 1. The molecule has 2 nitrogen and oxygen atoms in total. The molecule has 0 saturated heterocycles. The first kappa shape index (κ1) is 12.6. The van der Waals surface area contributed by atoms with Crippen LogP contribution in [0.25, 0.3) is 0 Å². The third-order valence-corrected chi connectivity index (χ3v) is 3.73. The number of hydrogen-bond donors (Lipinski definition) is 0. The summed E-state index contributed by atoms with van der Waals surface area (Å²) in [6, 6.07) is 5.66. The number of Topliss-reactive ketones (excluding diaryl/α,β-unsaturated/α-hetero) is 1. The second kappa shape index (κ2) is 5.67. The van der Waals surface area contributed by atoms with Gasteiger partial charge in [0.15, 0.2) is 5.78 Å². The molecule has 0 heterocycles. The fourth-order valence-electron chi connectivity index (χ4n) is 2.38. The van der Waals surface area contributed by atoms with Gasteiger partial charge in [-0.2, -0.15) is 0 Å². The number of carbonyl (C=O) groups is 1. The molecule has 1 aromatic carbocycles.